The van der Waals surface area contributed by atoms with E-state index >= 15 is 0 Å². The number of nitrogens with one attached hydrogen (secondary N) is 2. The maximum Gasteiger partial charge on any atom is 0.246 e. The second-order valence-corrected chi connectivity index (χ2v) is 6.87. The predicted molar refractivity (Wildman–Crippen MR) is 123 cm³/mol. The molecule has 0 bridgehead atoms. The van der Waals surface area contributed by atoms with Gasteiger partial charge in [0.25, 0.3) is 0 Å². The van der Waals surface area contributed by atoms with Gasteiger partial charge in [-0.15, -0.1) is 24.0 Å². The lowest BCUT2D eigenvalue weighted by atomic mass is 10.2. The van der Waals surface area contributed by atoms with Crippen molar-refractivity contribution in [3.8, 4) is 11.4 Å². The van der Waals surface area contributed by atoms with E-state index in [1.54, 1.807) is 19.2 Å². The molecule has 0 aliphatic carbocycles. The van der Waals surface area contributed by atoms with Crippen LogP contribution in [0.1, 0.15) is 25.2 Å². The summed E-state index contributed by atoms with van der Waals surface area (Å²) >= 11 is 5.90. The summed E-state index contributed by atoms with van der Waals surface area (Å²) in [4.78, 5) is 8.56. The lowest BCUT2D eigenvalue weighted by Gasteiger charge is -2.12. The van der Waals surface area contributed by atoms with Gasteiger partial charge in [0.15, 0.2) is 5.96 Å². The largest absolute Gasteiger partial charge is 0.379 e. The number of aliphatic imine (C=N–C) groups is 1. The minimum Gasteiger partial charge on any atom is -0.379 e. The summed E-state index contributed by atoms with van der Waals surface area (Å²) < 4.78 is 16.5. The molecular formula is C19H27ClIN5O3. The van der Waals surface area contributed by atoms with Crippen LogP contribution in [0, 0.1) is 0 Å². The molecule has 0 spiro atoms. The molecule has 1 unspecified atom stereocenters. The van der Waals surface area contributed by atoms with Crippen molar-refractivity contribution in [2.45, 2.75) is 31.9 Å². The standard InChI is InChI=1S/C19H26ClN5O3.HI/c1-21-19(22-9-3-10-26-13-16-4-2-11-27-16)23-12-17-24-18(25-28-17)14-5-7-15(20)8-6-14;/h5-8,16H,2-4,9-13H2,1H3,(H2,21,22,23);1H. The van der Waals surface area contributed by atoms with E-state index in [0.29, 0.717) is 42.5 Å². The van der Waals surface area contributed by atoms with E-state index in [1.807, 2.05) is 12.1 Å². The van der Waals surface area contributed by atoms with Crippen molar-refractivity contribution in [1.82, 2.24) is 20.8 Å². The molecule has 8 nitrogen and oxygen atoms in total. The van der Waals surface area contributed by atoms with Gasteiger partial charge in [0.1, 0.15) is 0 Å². The Labute approximate surface area is 192 Å². The van der Waals surface area contributed by atoms with Gasteiger partial charge in [-0.3, -0.25) is 4.99 Å². The van der Waals surface area contributed by atoms with Crippen molar-refractivity contribution < 1.29 is 14.0 Å². The normalized spacial score (nSPS) is 16.5. The highest BCUT2D eigenvalue weighted by Gasteiger charge is 2.15. The molecular weight excluding hydrogens is 509 g/mol. The summed E-state index contributed by atoms with van der Waals surface area (Å²) in [6.07, 6.45) is 3.40. The molecule has 0 amide bonds. The molecule has 29 heavy (non-hydrogen) atoms. The van der Waals surface area contributed by atoms with Crippen LogP contribution < -0.4 is 10.6 Å². The number of ether oxygens (including phenoxy) is 2. The number of hydrogen-bond donors (Lipinski definition) is 2. The average molecular weight is 536 g/mol. The fourth-order valence-corrected chi connectivity index (χ4v) is 2.92. The third kappa shape index (κ3) is 8.07. The first-order valence-electron chi connectivity index (χ1n) is 9.47. The van der Waals surface area contributed by atoms with Crippen LogP contribution in [0.15, 0.2) is 33.8 Å². The molecule has 3 rings (SSSR count). The summed E-state index contributed by atoms with van der Waals surface area (Å²) in [6, 6.07) is 7.29. The number of hydrogen-bond acceptors (Lipinski definition) is 6. The molecule has 1 atom stereocenters. The van der Waals surface area contributed by atoms with Gasteiger partial charge < -0.3 is 24.6 Å². The minimum atomic E-state index is 0. The summed E-state index contributed by atoms with van der Waals surface area (Å²) in [6.45, 7) is 3.37. The molecule has 1 aromatic carbocycles. The van der Waals surface area contributed by atoms with Gasteiger partial charge in [0.05, 0.1) is 19.3 Å². The second-order valence-electron chi connectivity index (χ2n) is 6.43. The Morgan fingerprint density at radius 3 is 2.86 bits per heavy atom. The van der Waals surface area contributed by atoms with Crippen molar-refractivity contribution in [3.63, 3.8) is 0 Å². The number of guanidine groups is 1. The molecule has 0 radical (unpaired) electrons. The summed E-state index contributed by atoms with van der Waals surface area (Å²) in [5, 5.41) is 11.1. The van der Waals surface area contributed by atoms with Crippen molar-refractivity contribution in [3.05, 3.63) is 35.2 Å². The zero-order valence-corrected chi connectivity index (χ0v) is 19.5. The van der Waals surface area contributed by atoms with Crippen LogP contribution in [0.25, 0.3) is 11.4 Å². The lowest BCUT2D eigenvalue weighted by molar-refractivity contribution is 0.0168. The smallest absolute Gasteiger partial charge is 0.246 e. The van der Waals surface area contributed by atoms with Gasteiger partial charge in [0, 0.05) is 37.4 Å². The molecule has 10 heteroatoms. The number of nitrogens with zero attached hydrogens (tertiary/aromatic N) is 3. The van der Waals surface area contributed by atoms with E-state index < -0.39 is 0 Å². The Bertz CT molecular complexity index is 751. The summed E-state index contributed by atoms with van der Waals surface area (Å²) in [5.74, 6) is 1.68. The first-order chi connectivity index (χ1) is 13.7. The van der Waals surface area contributed by atoms with Crippen LogP contribution in [0.4, 0.5) is 0 Å². The Morgan fingerprint density at radius 2 is 2.14 bits per heavy atom. The molecule has 1 saturated heterocycles. The quantitative estimate of drug-likeness (QED) is 0.220. The highest BCUT2D eigenvalue weighted by Crippen LogP contribution is 2.18. The fraction of sp³-hybridized carbons (Fsp3) is 0.526. The van der Waals surface area contributed by atoms with Crippen molar-refractivity contribution in [2.24, 2.45) is 4.99 Å². The number of rotatable bonds is 9. The molecule has 1 aliphatic rings. The Hall–Kier alpha value is -1.43. The number of halogens is 2. The molecule has 160 valence electrons. The fourth-order valence-electron chi connectivity index (χ4n) is 2.79. The second kappa shape index (κ2) is 13.0. The highest BCUT2D eigenvalue weighted by molar-refractivity contribution is 14.0. The molecule has 1 aromatic heterocycles. The first-order valence-corrected chi connectivity index (χ1v) is 9.85. The molecule has 2 aromatic rings. The van der Waals surface area contributed by atoms with Gasteiger partial charge in [-0.05, 0) is 43.5 Å². The SMILES string of the molecule is CN=C(NCCCOCC1CCCO1)NCc1nc(-c2ccc(Cl)cc2)no1.I. The average Bonchev–Trinajstić information content (AvgIpc) is 3.39. The first kappa shape index (κ1) is 23.8. The lowest BCUT2D eigenvalue weighted by Crippen LogP contribution is -2.37. The molecule has 2 heterocycles. The Kier molecular flexibility index (Phi) is 10.7. The van der Waals surface area contributed by atoms with Gasteiger partial charge in [-0.2, -0.15) is 4.98 Å². The van der Waals surface area contributed by atoms with Crippen LogP contribution in [0.3, 0.4) is 0 Å². The van der Waals surface area contributed by atoms with Gasteiger partial charge in [0.2, 0.25) is 11.7 Å². The zero-order valence-electron chi connectivity index (χ0n) is 16.4. The van der Waals surface area contributed by atoms with Crippen LogP contribution in [-0.4, -0.2) is 55.6 Å². The topological polar surface area (TPSA) is 93.8 Å². The van der Waals surface area contributed by atoms with E-state index in [1.165, 1.54) is 0 Å². The Morgan fingerprint density at radius 1 is 1.31 bits per heavy atom. The number of aromatic nitrogens is 2. The third-order valence-electron chi connectivity index (χ3n) is 4.29. The van der Waals surface area contributed by atoms with Crippen LogP contribution >= 0.6 is 35.6 Å². The number of benzene rings is 1. The maximum atomic E-state index is 5.90. The highest BCUT2D eigenvalue weighted by atomic mass is 127. The van der Waals surface area contributed by atoms with Crippen LogP contribution in [0.5, 0.6) is 0 Å². The van der Waals surface area contributed by atoms with Gasteiger partial charge in [-0.1, -0.05) is 16.8 Å². The molecule has 2 N–H and O–H groups in total. The third-order valence-corrected chi connectivity index (χ3v) is 4.54. The molecule has 1 aliphatic heterocycles. The summed E-state index contributed by atoms with van der Waals surface area (Å²) in [5.41, 5.74) is 0.852. The van der Waals surface area contributed by atoms with Gasteiger partial charge >= 0.3 is 0 Å². The monoisotopic (exact) mass is 535 g/mol. The van der Waals surface area contributed by atoms with Crippen LogP contribution in [-0.2, 0) is 16.0 Å². The molecule has 1 fully saturated rings. The Balaban J connectivity index is 0.00000300. The molecule has 0 saturated carbocycles. The van der Waals surface area contributed by atoms with Gasteiger partial charge in [-0.25, -0.2) is 0 Å². The van der Waals surface area contributed by atoms with E-state index in [-0.39, 0.29) is 30.1 Å². The van der Waals surface area contributed by atoms with E-state index in [4.69, 9.17) is 25.6 Å². The van der Waals surface area contributed by atoms with E-state index in [2.05, 4.69) is 25.8 Å². The minimum absolute atomic E-state index is 0. The zero-order chi connectivity index (χ0) is 19.6. The van der Waals surface area contributed by atoms with E-state index in [9.17, 15) is 0 Å². The summed E-state index contributed by atoms with van der Waals surface area (Å²) in [7, 11) is 1.72. The van der Waals surface area contributed by atoms with Crippen molar-refractivity contribution in [2.75, 3.05) is 33.4 Å². The van der Waals surface area contributed by atoms with Crippen molar-refractivity contribution >= 4 is 41.5 Å². The van der Waals surface area contributed by atoms with Crippen molar-refractivity contribution in [1.29, 1.82) is 0 Å². The predicted octanol–water partition coefficient (Wildman–Crippen LogP) is 3.26. The van der Waals surface area contributed by atoms with Crippen LogP contribution in [0.2, 0.25) is 5.02 Å². The van der Waals surface area contributed by atoms with E-state index in [0.717, 1.165) is 38.0 Å². The maximum absolute atomic E-state index is 5.90.